The number of sulfone groups is 1. The number of benzene rings is 3. The summed E-state index contributed by atoms with van der Waals surface area (Å²) in [5, 5.41) is 3.55. The van der Waals surface area contributed by atoms with Crippen LogP contribution in [0.4, 0.5) is 16.0 Å². The first-order valence-corrected chi connectivity index (χ1v) is 10.9. The van der Waals surface area contributed by atoms with Gasteiger partial charge in [-0.2, -0.15) is 4.98 Å². The van der Waals surface area contributed by atoms with Gasteiger partial charge in [-0.25, -0.2) is 12.8 Å². The minimum Gasteiger partial charge on any atom is -0.419 e. The predicted octanol–water partition coefficient (Wildman–Crippen LogP) is 6.36. The molecule has 9 heteroatoms. The summed E-state index contributed by atoms with van der Waals surface area (Å²) in [6.45, 7) is 0. The summed E-state index contributed by atoms with van der Waals surface area (Å²) in [5.41, 5.74) is 0.974. The maximum absolute atomic E-state index is 13.3. The molecule has 1 aromatic heterocycles. The zero-order valence-electron chi connectivity index (χ0n) is 15.1. The summed E-state index contributed by atoms with van der Waals surface area (Å²) < 4.78 is 45.4. The van der Waals surface area contributed by atoms with Gasteiger partial charge >= 0.3 is 0 Å². The minimum atomic E-state index is -4.04. The fraction of sp³-hybridized carbons (Fsp3) is 0. The Kier molecular flexibility index (Phi) is 5.51. The van der Waals surface area contributed by atoms with Crippen molar-refractivity contribution in [3.05, 3.63) is 88.7 Å². The van der Waals surface area contributed by atoms with Crippen molar-refractivity contribution in [2.24, 2.45) is 0 Å². The number of oxazole rings is 1. The molecule has 0 aliphatic heterocycles. The monoisotopic (exact) mass is 462 g/mol. The van der Waals surface area contributed by atoms with Crippen LogP contribution in [0, 0.1) is 5.82 Å². The molecule has 0 bridgehead atoms. The first-order valence-electron chi connectivity index (χ1n) is 8.63. The van der Waals surface area contributed by atoms with Crippen molar-refractivity contribution in [1.29, 1.82) is 0 Å². The van der Waals surface area contributed by atoms with Gasteiger partial charge in [0.25, 0.3) is 0 Å². The van der Waals surface area contributed by atoms with Gasteiger partial charge < -0.3 is 9.73 Å². The average molecular weight is 463 g/mol. The molecule has 1 N–H and O–H groups in total. The Labute approximate surface area is 182 Å². The highest BCUT2D eigenvalue weighted by Crippen LogP contribution is 2.34. The lowest BCUT2D eigenvalue weighted by atomic mass is 10.2. The third-order valence-electron chi connectivity index (χ3n) is 4.17. The van der Waals surface area contributed by atoms with Crippen LogP contribution in [0.5, 0.6) is 0 Å². The molecule has 1 heterocycles. The van der Waals surface area contributed by atoms with E-state index < -0.39 is 15.7 Å². The van der Waals surface area contributed by atoms with E-state index in [0.717, 1.165) is 0 Å². The van der Waals surface area contributed by atoms with E-state index in [1.54, 1.807) is 24.3 Å². The Bertz CT molecular complexity index is 1290. The second kappa shape index (κ2) is 8.10. The molecule has 4 rings (SSSR count). The van der Waals surface area contributed by atoms with E-state index in [4.69, 9.17) is 27.6 Å². The molecule has 0 spiro atoms. The second-order valence-electron chi connectivity index (χ2n) is 6.25. The molecule has 30 heavy (non-hydrogen) atoms. The Balaban J connectivity index is 1.83. The van der Waals surface area contributed by atoms with Crippen LogP contribution in [0.1, 0.15) is 0 Å². The maximum atomic E-state index is 13.3. The number of anilines is 2. The van der Waals surface area contributed by atoms with Crippen molar-refractivity contribution >= 4 is 44.6 Å². The first-order chi connectivity index (χ1) is 14.3. The standard InChI is InChI=1S/C21H13Cl2FN2O3S/c22-14-3-9-17(10-4-14)25-20-21(30(27,28)18-11-5-15(23)6-12-18)26-19(29-20)13-1-7-16(24)8-2-13/h1-12,25H. The number of nitrogens with one attached hydrogen (secondary N) is 1. The van der Waals surface area contributed by atoms with Crippen LogP contribution in [-0.4, -0.2) is 13.4 Å². The van der Waals surface area contributed by atoms with Crippen molar-refractivity contribution in [1.82, 2.24) is 4.98 Å². The lowest BCUT2D eigenvalue weighted by Crippen LogP contribution is -2.05. The van der Waals surface area contributed by atoms with Crippen LogP contribution in [0.15, 0.2) is 87.1 Å². The average Bonchev–Trinajstić information content (AvgIpc) is 3.15. The molecule has 0 atom stereocenters. The fourth-order valence-electron chi connectivity index (χ4n) is 2.67. The van der Waals surface area contributed by atoms with E-state index in [2.05, 4.69) is 10.3 Å². The van der Waals surface area contributed by atoms with E-state index in [1.807, 2.05) is 0 Å². The van der Waals surface area contributed by atoms with Crippen molar-refractivity contribution in [2.45, 2.75) is 9.92 Å². The lowest BCUT2D eigenvalue weighted by Gasteiger charge is -2.06. The van der Waals surface area contributed by atoms with Crippen molar-refractivity contribution in [3.8, 4) is 11.5 Å². The Hall–Kier alpha value is -2.87. The van der Waals surface area contributed by atoms with Gasteiger partial charge in [0.05, 0.1) is 4.90 Å². The molecule has 4 aromatic rings. The smallest absolute Gasteiger partial charge is 0.238 e. The molecule has 152 valence electrons. The van der Waals surface area contributed by atoms with Crippen LogP contribution in [0.2, 0.25) is 10.0 Å². The molecule has 0 fully saturated rings. The van der Waals surface area contributed by atoms with Crippen molar-refractivity contribution in [3.63, 3.8) is 0 Å². The summed E-state index contributed by atoms with van der Waals surface area (Å²) in [5.74, 6) is -0.482. The first kappa shape index (κ1) is 20.4. The van der Waals surface area contributed by atoms with E-state index >= 15 is 0 Å². The molecule has 0 saturated heterocycles. The third-order valence-corrected chi connectivity index (χ3v) is 6.35. The van der Waals surface area contributed by atoms with Crippen LogP contribution in [-0.2, 0) is 9.84 Å². The Morgan fingerprint density at radius 2 is 1.40 bits per heavy atom. The van der Waals surface area contributed by atoms with Crippen molar-refractivity contribution < 1.29 is 17.2 Å². The summed E-state index contributed by atoms with van der Waals surface area (Å²) in [4.78, 5) is 4.20. The molecule has 3 aromatic carbocycles. The lowest BCUT2D eigenvalue weighted by molar-refractivity contribution is 0.581. The number of nitrogens with zero attached hydrogens (tertiary/aromatic N) is 1. The molecule has 0 aliphatic carbocycles. The van der Waals surface area contributed by atoms with Gasteiger partial charge in [-0.1, -0.05) is 23.2 Å². The van der Waals surface area contributed by atoms with Gasteiger partial charge in [-0.15, -0.1) is 0 Å². The van der Waals surface area contributed by atoms with Crippen LogP contribution in [0.3, 0.4) is 0 Å². The predicted molar refractivity (Wildman–Crippen MR) is 114 cm³/mol. The number of rotatable bonds is 5. The van der Waals surface area contributed by atoms with Gasteiger partial charge in [-0.3, -0.25) is 0 Å². The largest absolute Gasteiger partial charge is 0.419 e. The van der Waals surface area contributed by atoms with Gasteiger partial charge in [-0.05, 0) is 72.8 Å². The summed E-state index contributed by atoms with van der Waals surface area (Å²) in [6.07, 6.45) is 0. The quantitative estimate of drug-likeness (QED) is 0.373. The van der Waals surface area contributed by atoms with Gasteiger partial charge in [0.15, 0.2) is 0 Å². The van der Waals surface area contributed by atoms with Crippen LogP contribution in [0.25, 0.3) is 11.5 Å². The number of hydrogen-bond acceptors (Lipinski definition) is 5. The normalized spacial score (nSPS) is 11.4. The van der Waals surface area contributed by atoms with Crippen LogP contribution < -0.4 is 5.32 Å². The second-order valence-corrected chi connectivity index (χ2v) is 8.99. The molecule has 5 nitrogen and oxygen atoms in total. The zero-order chi connectivity index (χ0) is 21.3. The number of halogens is 3. The fourth-order valence-corrected chi connectivity index (χ4v) is 4.18. The van der Waals surface area contributed by atoms with E-state index in [-0.39, 0.29) is 21.7 Å². The highest BCUT2D eigenvalue weighted by atomic mass is 35.5. The van der Waals surface area contributed by atoms with Crippen molar-refractivity contribution in [2.75, 3.05) is 5.32 Å². The van der Waals surface area contributed by atoms with Crippen LogP contribution >= 0.6 is 23.2 Å². The summed E-state index contributed by atoms with van der Waals surface area (Å²) >= 11 is 11.8. The van der Waals surface area contributed by atoms with E-state index in [1.165, 1.54) is 48.5 Å². The Morgan fingerprint density at radius 1 is 0.833 bits per heavy atom. The summed E-state index contributed by atoms with van der Waals surface area (Å²) in [7, 11) is -4.04. The van der Waals surface area contributed by atoms with Gasteiger partial charge in [0.2, 0.25) is 26.6 Å². The summed E-state index contributed by atoms with van der Waals surface area (Å²) in [6, 6.07) is 17.7. The SMILES string of the molecule is O=S(=O)(c1ccc(Cl)cc1)c1nc(-c2ccc(F)cc2)oc1Nc1ccc(Cl)cc1. The molecule has 0 aliphatic rings. The van der Waals surface area contributed by atoms with Gasteiger partial charge in [0, 0.05) is 21.3 Å². The Morgan fingerprint density at radius 3 is 2.00 bits per heavy atom. The maximum Gasteiger partial charge on any atom is 0.238 e. The van der Waals surface area contributed by atoms with E-state index in [9.17, 15) is 12.8 Å². The molecular formula is C21H13Cl2FN2O3S. The third kappa shape index (κ3) is 4.18. The topological polar surface area (TPSA) is 72.2 Å². The molecule has 0 radical (unpaired) electrons. The highest BCUT2D eigenvalue weighted by Gasteiger charge is 2.28. The zero-order valence-corrected chi connectivity index (χ0v) is 17.5. The molecule has 0 saturated carbocycles. The number of hydrogen-bond donors (Lipinski definition) is 1. The highest BCUT2D eigenvalue weighted by molar-refractivity contribution is 7.91. The number of aromatic nitrogens is 1. The van der Waals surface area contributed by atoms with Gasteiger partial charge in [0.1, 0.15) is 5.82 Å². The minimum absolute atomic E-state index is 0.00464. The molecular weight excluding hydrogens is 450 g/mol. The van der Waals surface area contributed by atoms with E-state index in [0.29, 0.717) is 21.3 Å². The molecule has 0 amide bonds. The molecule has 0 unspecified atom stereocenters.